The van der Waals surface area contributed by atoms with Gasteiger partial charge in [-0.1, -0.05) is 42.8 Å². The molecule has 3 heteroatoms. The molecule has 78 valence electrons. The quantitative estimate of drug-likeness (QED) is 0.736. The van der Waals surface area contributed by atoms with Crippen LogP contribution in [-0.2, 0) is 9.63 Å². The minimum Gasteiger partial charge on any atom is -0.373 e. The largest absolute Gasteiger partial charge is 0.373 e. The molecule has 3 nitrogen and oxygen atoms in total. The molecule has 0 heterocycles. The lowest BCUT2D eigenvalue weighted by Gasteiger charge is -1.89. The molecule has 0 fully saturated rings. The fourth-order valence-electron chi connectivity index (χ4n) is 0.797. The molecule has 0 atom stereocenters. The molecule has 0 saturated carbocycles. The van der Waals surface area contributed by atoms with E-state index in [0.29, 0.717) is 6.42 Å². The highest BCUT2D eigenvalue weighted by atomic mass is 16.7. The lowest BCUT2D eigenvalue weighted by atomic mass is 10.2. The highest BCUT2D eigenvalue weighted by molar-refractivity contribution is 5.68. The van der Waals surface area contributed by atoms with Crippen LogP contribution < -0.4 is 5.90 Å². The van der Waals surface area contributed by atoms with E-state index in [2.05, 4.69) is 29.8 Å². The van der Waals surface area contributed by atoms with Crippen molar-refractivity contribution in [3.63, 3.8) is 0 Å². The Morgan fingerprint density at radius 3 is 2.14 bits per heavy atom. The van der Waals surface area contributed by atoms with Crippen LogP contribution in [0.15, 0.2) is 30.3 Å². The first kappa shape index (κ1) is 12.7. The summed E-state index contributed by atoms with van der Waals surface area (Å²) in [6.07, 6.45) is 1.20. The maximum atomic E-state index is 10.1. The summed E-state index contributed by atoms with van der Waals surface area (Å²) in [5.74, 6) is 4.16. The fraction of sp³-hybridized carbons (Fsp3) is 0.364. The Morgan fingerprint density at radius 2 is 1.93 bits per heavy atom. The SMILES string of the molecule is CCCC(=O)ON.Cc1ccccc1. The summed E-state index contributed by atoms with van der Waals surface area (Å²) in [4.78, 5) is 13.9. The summed E-state index contributed by atoms with van der Waals surface area (Å²) in [7, 11) is 0. The first-order valence-corrected chi connectivity index (χ1v) is 4.62. The molecule has 0 aliphatic carbocycles. The first-order chi connectivity index (χ1) is 6.70. The van der Waals surface area contributed by atoms with Crippen molar-refractivity contribution >= 4 is 5.97 Å². The first-order valence-electron chi connectivity index (χ1n) is 4.62. The molecule has 0 aromatic heterocycles. The third-order valence-corrected chi connectivity index (χ3v) is 1.53. The molecule has 0 aliphatic heterocycles. The summed E-state index contributed by atoms with van der Waals surface area (Å²) >= 11 is 0. The van der Waals surface area contributed by atoms with Gasteiger partial charge in [-0.2, -0.15) is 5.90 Å². The standard InChI is InChI=1S/C7H8.C4H9NO2/c1-7-5-3-2-4-6-7;1-2-3-4(6)7-5/h2-6H,1H3;2-3,5H2,1H3. The van der Waals surface area contributed by atoms with Gasteiger partial charge in [0, 0.05) is 6.42 Å². The lowest BCUT2D eigenvalue weighted by molar-refractivity contribution is -0.144. The molecular formula is C11H17NO2. The molecule has 1 aromatic rings. The van der Waals surface area contributed by atoms with Crippen LogP contribution in [0.3, 0.4) is 0 Å². The number of hydrogen-bond acceptors (Lipinski definition) is 3. The van der Waals surface area contributed by atoms with Crippen molar-refractivity contribution < 1.29 is 9.63 Å². The van der Waals surface area contributed by atoms with Crippen LogP contribution in [0, 0.1) is 6.92 Å². The predicted molar refractivity (Wildman–Crippen MR) is 56.4 cm³/mol. The van der Waals surface area contributed by atoms with Crippen LogP contribution in [0.4, 0.5) is 0 Å². The number of carbonyl (C=O) groups excluding carboxylic acids is 1. The summed E-state index contributed by atoms with van der Waals surface area (Å²) in [6, 6.07) is 10.3. The van der Waals surface area contributed by atoms with Crippen LogP contribution in [0.25, 0.3) is 0 Å². The highest BCUT2D eigenvalue weighted by Gasteiger charge is 1.93. The van der Waals surface area contributed by atoms with Crippen molar-refractivity contribution in [2.24, 2.45) is 5.90 Å². The molecule has 0 saturated heterocycles. The van der Waals surface area contributed by atoms with Crippen molar-refractivity contribution in [1.82, 2.24) is 0 Å². The van der Waals surface area contributed by atoms with Gasteiger partial charge in [-0.25, -0.2) is 0 Å². The van der Waals surface area contributed by atoms with Crippen molar-refractivity contribution in [2.45, 2.75) is 26.7 Å². The highest BCUT2D eigenvalue weighted by Crippen LogP contribution is 1.92. The van der Waals surface area contributed by atoms with Gasteiger partial charge in [0.25, 0.3) is 0 Å². The molecule has 14 heavy (non-hydrogen) atoms. The van der Waals surface area contributed by atoms with Gasteiger partial charge in [-0.15, -0.1) is 0 Å². The maximum absolute atomic E-state index is 10.1. The zero-order valence-electron chi connectivity index (χ0n) is 8.69. The van der Waals surface area contributed by atoms with Gasteiger partial charge in [0.1, 0.15) is 0 Å². The number of rotatable bonds is 2. The van der Waals surface area contributed by atoms with Crippen LogP contribution in [0.2, 0.25) is 0 Å². The third-order valence-electron chi connectivity index (χ3n) is 1.53. The molecule has 0 radical (unpaired) electrons. The summed E-state index contributed by atoms with van der Waals surface area (Å²) < 4.78 is 0. The fourth-order valence-corrected chi connectivity index (χ4v) is 0.797. The Morgan fingerprint density at radius 1 is 1.36 bits per heavy atom. The van der Waals surface area contributed by atoms with Gasteiger partial charge in [0.15, 0.2) is 0 Å². The zero-order valence-corrected chi connectivity index (χ0v) is 8.69. The van der Waals surface area contributed by atoms with Crippen molar-refractivity contribution in [3.8, 4) is 0 Å². The number of aryl methyl sites for hydroxylation is 1. The summed E-state index contributed by atoms with van der Waals surface area (Å²) in [5.41, 5.74) is 1.32. The van der Waals surface area contributed by atoms with Crippen LogP contribution >= 0.6 is 0 Å². The van der Waals surface area contributed by atoms with E-state index in [4.69, 9.17) is 0 Å². The second-order valence-electron chi connectivity index (χ2n) is 2.89. The molecule has 2 N–H and O–H groups in total. The third kappa shape index (κ3) is 7.31. The molecule has 0 amide bonds. The number of hydrogen-bond donors (Lipinski definition) is 1. The van der Waals surface area contributed by atoms with Crippen LogP contribution in [0.1, 0.15) is 25.3 Å². The Labute approximate surface area is 84.8 Å². The van der Waals surface area contributed by atoms with E-state index in [1.165, 1.54) is 5.56 Å². The van der Waals surface area contributed by atoms with Gasteiger partial charge < -0.3 is 4.84 Å². The average molecular weight is 195 g/mol. The Hall–Kier alpha value is -1.35. The monoisotopic (exact) mass is 195 g/mol. The summed E-state index contributed by atoms with van der Waals surface area (Å²) in [5, 5.41) is 0. The maximum Gasteiger partial charge on any atom is 0.324 e. The second kappa shape index (κ2) is 8.26. The van der Waals surface area contributed by atoms with Gasteiger partial charge in [0.2, 0.25) is 0 Å². The van der Waals surface area contributed by atoms with Crippen LogP contribution in [-0.4, -0.2) is 5.97 Å². The van der Waals surface area contributed by atoms with Crippen molar-refractivity contribution in [2.75, 3.05) is 0 Å². The van der Waals surface area contributed by atoms with E-state index >= 15 is 0 Å². The number of carbonyl (C=O) groups is 1. The number of nitrogens with two attached hydrogens (primary N) is 1. The smallest absolute Gasteiger partial charge is 0.324 e. The average Bonchev–Trinajstić information content (AvgIpc) is 2.20. The molecule has 1 rings (SSSR count). The van der Waals surface area contributed by atoms with E-state index in [9.17, 15) is 4.79 Å². The molecule has 0 spiro atoms. The van der Waals surface area contributed by atoms with Gasteiger partial charge in [0.05, 0.1) is 0 Å². The van der Waals surface area contributed by atoms with E-state index in [1.807, 2.05) is 25.1 Å². The summed E-state index contributed by atoms with van der Waals surface area (Å²) in [6.45, 7) is 3.97. The zero-order chi connectivity index (χ0) is 10.8. The molecular weight excluding hydrogens is 178 g/mol. The van der Waals surface area contributed by atoms with Crippen molar-refractivity contribution in [1.29, 1.82) is 0 Å². The van der Waals surface area contributed by atoms with E-state index in [-0.39, 0.29) is 5.97 Å². The van der Waals surface area contributed by atoms with E-state index in [1.54, 1.807) is 0 Å². The van der Waals surface area contributed by atoms with E-state index in [0.717, 1.165) is 6.42 Å². The molecule has 0 bridgehead atoms. The van der Waals surface area contributed by atoms with Crippen molar-refractivity contribution in [3.05, 3.63) is 35.9 Å². The van der Waals surface area contributed by atoms with Gasteiger partial charge in [-0.3, -0.25) is 4.79 Å². The van der Waals surface area contributed by atoms with Crippen LogP contribution in [0.5, 0.6) is 0 Å². The molecule has 1 aromatic carbocycles. The molecule has 0 aliphatic rings. The normalized spacial score (nSPS) is 8.50. The Kier molecular flexibility index (Phi) is 7.46. The minimum atomic E-state index is -0.345. The molecule has 0 unspecified atom stereocenters. The van der Waals surface area contributed by atoms with Gasteiger partial charge >= 0.3 is 5.97 Å². The number of benzene rings is 1. The predicted octanol–water partition coefficient (Wildman–Crippen LogP) is 2.20. The lowest BCUT2D eigenvalue weighted by Crippen LogP contribution is -2.08. The topological polar surface area (TPSA) is 52.3 Å². The Balaban J connectivity index is 0.000000241. The second-order valence-corrected chi connectivity index (χ2v) is 2.89. The minimum absolute atomic E-state index is 0.345. The Bertz CT molecular complexity index is 247. The van der Waals surface area contributed by atoms with Gasteiger partial charge in [-0.05, 0) is 13.3 Å². The van der Waals surface area contributed by atoms with E-state index < -0.39 is 0 Å².